The van der Waals surface area contributed by atoms with Crippen LogP contribution in [0.4, 0.5) is 0 Å². The van der Waals surface area contributed by atoms with Crippen LogP contribution in [0.5, 0.6) is 0 Å². The molecule has 2 heterocycles. The van der Waals surface area contributed by atoms with Gasteiger partial charge < -0.3 is 0 Å². The maximum Gasteiger partial charge on any atom is 0.198 e. The Morgan fingerprint density at radius 1 is 1.50 bits per heavy atom. The molecule has 0 aliphatic heterocycles. The Morgan fingerprint density at radius 2 is 2.25 bits per heavy atom. The minimum atomic E-state index is 0.595. The molecule has 0 radical (unpaired) electrons. The SMILES string of the molecule is Cc1nn(C)c2nc(Br)ncc12. The van der Waals surface area contributed by atoms with Crippen LogP contribution in [0.25, 0.3) is 11.0 Å². The average molecular weight is 227 g/mol. The molecule has 0 fully saturated rings. The van der Waals surface area contributed by atoms with E-state index in [0.29, 0.717) is 4.73 Å². The van der Waals surface area contributed by atoms with Crippen LogP contribution in [-0.2, 0) is 7.05 Å². The zero-order chi connectivity index (χ0) is 8.72. The Morgan fingerprint density at radius 3 is 3.00 bits per heavy atom. The van der Waals surface area contributed by atoms with E-state index in [-0.39, 0.29) is 0 Å². The summed E-state index contributed by atoms with van der Waals surface area (Å²) >= 11 is 3.21. The van der Waals surface area contributed by atoms with Gasteiger partial charge in [-0.1, -0.05) is 0 Å². The van der Waals surface area contributed by atoms with Crippen molar-refractivity contribution in [3.05, 3.63) is 16.6 Å². The fraction of sp³-hybridized carbons (Fsp3) is 0.286. The summed E-state index contributed by atoms with van der Waals surface area (Å²) in [6, 6.07) is 0. The Balaban J connectivity index is 2.90. The lowest BCUT2D eigenvalue weighted by Gasteiger charge is -1.91. The van der Waals surface area contributed by atoms with Gasteiger partial charge in [-0.2, -0.15) is 5.10 Å². The summed E-state index contributed by atoms with van der Waals surface area (Å²) in [6.45, 7) is 1.94. The summed E-state index contributed by atoms with van der Waals surface area (Å²) in [6.07, 6.45) is 1.77. The average Bonchev–Trinajstić information content (AvgIpc) is 2.28. The standard InChI is InChI=1S/C7H7BrN4/c1-4-5-3-9-7(8)10-6(5)12(2)11-4/h3H,1-2H3. The van der Waals surface area contributed by atoms with Gasteiger partial charge in [-0.25, -0.2) is 9.97 Å². The van der Waals surface area contributed by atoms with E-state index in [1.165, 1.54) is 0 Å². The van der Waals surface area contributed by atoms with Crippen LogP contribution in [0.2, 0.25) is 0 Å². The number of hydrogen-bond donors (Lipinski definition) is 0. The minimum absolute atomic E-state index is 0.595. The lowest BCUT2D eigenvalue weighted by molar-refractivity contribution is 0.772. The molecule has 4 nitrogen and oxygen atoms in total. The zero-order valence-electron chi connectivity index (χ0n) is 6.74. The predicted octanol–water partition coefficient (Wildman–Crippen LogP) is 1.43. The van der Waals surface area contributed by atoms with Crippen LogP contribution in [-0.4, -0.2) is 19.7 Å². The number of aromatic nitrogens is 4. The van der Waals surface area contributed by atoms with Gasteiger partial charge in [-0.3, -0.25) is 4.68 Å². The van der Waals surface area contributed by atoms with E-state index < -0.39 is 0 Å². The van der Waals surface area contributed by atoms with E-state index in [0.717, 1.165) is 16.7 Å². The van der Waals surface area contributed by atoms with E-state index in [1.54, 1.807) is 10.9 Å². The molecule has 0 bridgehead atoms. The zero-order valence-corrected chi connectivity index (χ0v) is 8.33. The largest absolute Gasteiger partial charge is 0.250 e. The lowest BCUT2D eigenvalue weighted by atomic mass is 10.3. The molecule has 0 saturated carbocycles. The fourth-order valence-electron chi connectivity index (χ4n) is 1.18. The van der Waals surface area contributed by atoms with Crippen LogP contribution in [0.3, 0.4) is 0 Å². The van der Waals surface area contributed by atoms with E-state index in [1.807, 2.05) is 14.0 Å². The predicted molar refractivity (Wildman–Crippen MR) is 48.7 cm³/mol. The molecule has 0 unspecified atom stereocenters. The highest BCUT2D eigenvalue weighted by Gasteiger charge is 2.05. The van der Waals surface area contributed by atoms with Crippen molar-refractivity contribution in [1.82, 2.24) is 19.7 Å². The Labute approximate surface area is 77.8 Å². The van der Waals surface area contributed by atoms with Gasteiger partial charge in [0.05, 0.1) is 11.1 Å². The van der Waals surface area contributed by atoms with Gasteiger partial charge in [0.15, 0.2) is 10.4 Å². The number of nitrogens with zero attached hydrogens (tertiary/aromatic N) is 4. The van der Waals surface area contributed by atoms with Gasteiger partial charge in [-0.05, 0) is 22.9 Å². The highest BCUT2D eigenvalue weighted by Crippen LogP contribution is 2.15. The highest BCUT2D eigenvalue weighted by molar-refractivity contribution is 9.10. The molecule has 2 aromatic heterocycles. The maximum atomic E-state index is 4.22. The third kappa shape index (κ3) is 1.01. The molecule has 0 saturated heterocycles. The van der Waals surface area contributed by atoms with E-state index in [4.69, 9.17) is 0 Å². The van der Waals surface area contributed by atoms with Crippen molar-refractivity contribution in [3.63, 3.8) is 0 Å². The topological polar surface area (TPSA) is 43.6 Å². The van der Waals surface area contributed by atoms with Crippen molar-refractivity contribution in [1.29, 1.82) is 0 Å². The molecule has 2 rings (SSSR count). The van der Waals surface area contributed by atoms with Gasteiger partial charge in [0.25, 0.3) is 0 Å². The Bertz CT molecular complexity index is 434. The molecule has 0 aliphatic rings. The van der Waals surface area contributed by atoms with E-state index in [9.17, 15) is 0 Å². The molecule has 0 N–H and O–H groups in total. The van der Waals surface area contributed by atoms with Gasteiger partial charge in [0.2, 0.25) is 0 Å². The third-order valence-electron chi connectivity index (χ3n) is 1.74. The summed E-state index contributed by atoms with van der Waals surface area (Å²) in [5.74, 6) is 0. The first-order chi connectivity index (χ1) is 5.68. The van der Waals surface area contributed by atoms with Gasteiger partial charge in [0, 0.05) is 13.2 Å². The lowest BCUT2D eigenvalue weighted by Crippen LogP contribution is -1.92. The second-order valence-electron chi connectivity index (χ2n) is 2.59. The first kappa shape index (κ1) is 7.67. The molecular weight excluding hydrogens is 220 g/mol. The summed E-state index contributed by atoms with van der Waals surface area (Å²) in [4.78, 5) is 8.24. The molecule has 0 amide bonds. The third-order valence-corrected chi connectivity index (χ3v) is 2.12. The fourth-order valence-corrected chi connectivity index (χ4v) is 1.45. The summed E-state index contributed by atoms with van der Waals surface area (Å²) in [7, 11) is 1.87. The van der Waals surface area contributed by atoms with Crippen molar-refractivity contribution in [2.24, 2.45) is 7.05 Å². The smallest absolute Gasteiger partial charge is 0.198 e. The summed E-state index contributed by atoms with van der Waals surface area (Å²) < 4.78 is 2.34. The first-order valence-electron chi connectivity index (χ1n) is 3.50. The first-order valence-corrected chi connectivity index (χ1v) is 4.29. The summed E-state index contributed by atoms with van der Waals surface area (Å²) in [5.41, 5.74) is 1.81. The van der Waals surface area contributed by atoms with Crippen LogP contribution in [0.15, 0.2) is 10.9 Å². The maximum absolute atomic E-state index is 4.22. The van der Waals surface area contributed by atoms with Crippen LogP contribution >= 0.6 is 15.9 Å². The van der Waals surface area contributed by atoms with Crippen molar-refractivity contribution >= 4 is 27.0 Å². The van der Waals surface area contributed by atoms with Crippen molar-refractivity contribution in [2.45, 2.75) is 6.92 Å². The van der Waals surface area contributed by atoms with E-state index >= 15 is 0 Å². The van der Waals surface area contributed by atoms with Gasteiger partial charge >= 0.3 is 0 Å². The number of fused-ring (bicyclic) bond motifs is 1. The number of halogens is 1. The van der Waals surface area contributed by atoms with Crippen LogP contribution in [0, 0.1) is 6.92 Å². The second-order valence-corrected chi connectivity index (χ2v) is 3.29. The van der Waals surface area contributed by atoms with Crippen molar-refractivity contribution in [3.8, 4) is 0 Å². The summed E-state index contributed by atoms with van der Waals surface area (Å²) in [5, 5.41) is 5.23. The van der Waals surface area contributed by atoms with E-state index in [2.05, 4.69) is 31.0 Å². The van der Waals surface area contributed by atoms with Crippen molar-refractivity contribution < 1.29 is 0 Å². The molecule has 2 aromatic rings. The van der Waals surface area contributed by atoms with Crippen LogP contribution < -0.4 is 0 Å². The molecular formula is C7H7BrN4. The molecule has 5 heteroatoms. The normalized spacial score (nSPS) is 10.9. The minimum Gasteiger partial charge on any atom is -0.250 e. The molecule has 0 spiro atoms. The van der Waals surface area contributed by atoms with Crippen LogP contribution in [0.1, 0.15) is 5.69 Å². The number of rotatable bonds is 0. The second kappa shape index (κ2) is 2.52. The number of aryl methyl sites for hydroxylation is 2. The van der Waals surface area contributed by atoms with Gasteiger partial charge in [0.1, 0.15) is 0 Å². The monoisotopic (exact) mass is 226 g/mol. The Kier molecular flexibility index (Phi) is 1.61. The Hall–Kier alpha value is -0.970. The molecule has 0 aromatic carbocycles. The molecule has 0 aliphatic carbocycles. The van der Waals surface area contributed by atoms with Crippen molar-refractivity contribution in [2.75, 3.05) is 0 Å². The number of hydrogen-bond acceptors (Lipinski definition) is 3. The molecule has 12 heavy (non-hydrogen) atoms. The van der Waals surface area contributed by atoms with Gasteiger partial charge in [-0.15, -0.1) is 0 Å². The molecule has 0 atom stereocenters. The quantitative estimate of drug-likeness (QED) is 0.639. The highest BCUT2D eigenvalue weighted by atomic mass is 79.9. The molecule has 62 valence electrons.